The van der Waals surface area contributed by atoms with Crippen LogP contribution in [-0.4, -0.2) is 57.7 Å². The summed E-state index contributed by atoms with van der Waals surface area (Å²) in [5.74, 6) is 1.74. The number of carbonyl (C=O) groups is 1. The second-order valence-electron chi connectivity index (χ2n) is 5.20. The largest absolute Gasteiger partial charge is 0.322 e. The van der Waals surface area contributed by atoms with Gasteiger partial charge in [-0.15, -0.1) is 0 Å². The minimum absolute atomic E-state index is 0.0602. The number of amides is 1. The first-order valence-corrected chi connectivity index (χ1v) is 8.77. The Kier molecular flexibility index (Phi) is 6.88. The minimum Gasteiger partial charge on any atom is -0.322 e. The Balaban J connectivity index is 1.83. The van der Waals surface area contributed by atoms with Crippen molar-refractivity contribution in [2.75, 3.05) is 37.5 Å². The number of halogens is 1. The molecule has 1 amide bonds. The molecule has 2 rings (SSSR count). The molecule has 0 aliphatic rings. The summed E-state index contributed by atoms with van der Waals surface area (Å²) in [6.07, 6.45) is 5.50. The summed E-state index contributed by atoms with van der Waals surface area (Å²) in [6, 6.07) is 3.68. The number of nitrogens with zero attached hydrogens (tertiary/aromatic N) is 4. The van der Waals surface area contributed by atoms with E-state index in [1.54, 1.807) is 35.0 Å². The molecule has 2 aromatic rings. The second-order valence-corrected chi connectivity index (χ2v) is 6.79. The van der Waals surface area contributed by atoms with Gasteiger partial charge in [-0.05, 0) is 26.2 Å². The van der Waals surface area contributed by atoms with Gasteiger partial charge in [0.1, 0.15) is 0 Å². The lowest BCUT2D eigenvalue weighted by molar-refractivity contribution is -0.115. The van der Waals surface area contributed by atoms with Gasteiger partial charge in [0.15, 0.2) is 5.15 Å². The van der Waals surface area contributed by atoms with Gasteiger partial charge in [-0.25, -0.2) is 4.68 Å². The molecule has 124 valence electrons. The maximum absolute atomic E-state index is 12.0. The van der Waals surface area contributed by atoms with Crippen molar-refractivity contribution < 1.29 is 4.79 Å². The van der Waals surface area contributed by atoms with Crippen molar-refractivity contribution in [3.05, 3.63) is 35.9 Å². The van der Waals surface area contributed by atoms with E-state index < -0.39 is 0 Å². The van der Waals surface area contributed by atoms with Gasteiger partial charge >= 0.3 is 0 Å². The topological polar surface area (TPSA) is 63.1 Å². The third kappa shape index (κ3) is 5.85. The highest BCUT2D eigenvalue weighted by molar-refractivity contribution is 7.99. The first kappa shape index (κ1) is 17.8. The molecule has 0 aliphatic carbocycles. The highest BCUT2D eigenvalue weighted by Crippen LogP contribution is 2.21. The van der Waals surface area contributed by atoms with E-state index in [1.165, 1.54) is 0 Å². The third-order valence-electron chi connectivity index (χ3n) is 3.01. The van der Waals surface area contributed by atoms with Gasteiger partial charge < -0.3 is 10.2 Å². The van der Waals surface area contributed by atoms with Crippen LogP contribution in [0.1, 0.15) is 6.42 Å². The van der Waals surface area contributed by atoms with Crippen LogP contribution < -0.4 is 5.32 Å². The lowest BCUT2D eigenvalue weighted by Gasteiger charge is -2.08. The number of thioether (sulfide) groups is 1. The molecule has 0 aliphatic heterocycles. The predicted molar refractivity (Wildman–Crippen MR) is 95.5 cm³/mol. The Bertz CT molecular complexity index is 632. The molecule has 8 heteroatoms. The molecular weight excluding hydrogens is 334 g/mol. The first-order chi connectivity index (χ1) is 11.1. The van der Waals surface area contributed by atoms with Crippen molar-refractivity contribution in [3.63, 3.8) is 0 Å². The quantitative estimate of drug-likeness (QED) is 0.739. The van der Waals surface area contributed by atoms with Crippen LogP contribution in [0.2, 0.25) is 5.15 Å². The lowest BCUT2D eigenvalue weighted by Crippen LogP contribution is -2.16. The number of rotatable bonds is 8. The number of nitrogens with one attached hydrogen (secondary N) is 1. The Morgan fingerprint density at radius 3 is 2.96 bits per heavy atom. The molecule has 0 saturated carbocycles. The monoisotopic (exact) mass is 353 g/mol. The molecule has 0 radical (unpaired) electrons. The highest BCUT2D eigenvalue weighted by Gasteiger charge is 2.11. The number of hydrogen-bond donors (Lipinski definition) is 1. The minimum atomic E-state index is -0.0602. The van der Waals surface area contributed by atoms with Crippen LogP contribution in [0.15, 0.2) is 30.7 Å². The maximum Gasteiger partial charge on any atom is 0.225 e. The molecule has 6 nitrogen and oxygen atoms in total. The van der Waals surface area contributed by atoms with Crippen molar-refractivity contribution in [2.24, 2.45) is 0 Å². The lowest BCUT2D eigenvalue weighted by atomic mass is 10.4. The summed E-state index contributed by atoms with van der Waals surface area (Å²) in [7, 11) is 4.07. The second kappa shape index (κ2) is 8.90. The van der Waals surface area contributed by atoms with Crippen molar-refractivity contribution in [3.8, 4) is 5.69 Å². The normalized spacial score (nSPS) is 11.0. The molecule has 0 saturated heterocycles. The molecule has 0 atom stereocenters. The van der Waals surface area contributed by atoms with E-state index in [4.69, 9.17) is 11.6 Å². The number of anilines is 1. The van der Waals surface area contributed by atoms with Gasteiger partial charge in [-0.3, -0.25) is 9.78 Å². The zero-order valence-electron chi connectivity index (χ0n) is 13.2. The average molecular weight is 354 g/mol. The SMILES string of the molecule is CN(C)CCSCCC(=O)Nc1cn(-c2cccnc2)nc1Cl. The Hall–Kier alpha value is -1.57. The van der Waals surface area contributed by atoms with Crippen molar-refractivity contribution in [1.29, 1.82) is 0 Å². The van der Waals surface area contributed by atoms with E-state index in [1.807, 2.05) is 26.2 Å². The molecule has 23 heavy (non-hydrogen) atoms. The summed E-state index contributed by atoms with van der Waals surface area (Å²) >= 11 is 7.84. The van der Waals surface area contributed by atoms with Crippen LogP contribution in [0, 0.1) is 0 Å². The van der Waals surface area contributed by atoms with Crippen molar-refractivity contribution in [2.45, 2.75) is 6.42 Å². The zero-order chi connectivity index (χ0) is 16.7. The van der Waals surface area contributed by atoms with Crippen LogP contribution in [0.25, 0.3) is 5.69 Å². The fourth-order valence-corrected chi connectivity index (χ4v) is 2.99. The van der Waals surface area contributed by atoms with Gasteiger partial charge in [-0.1, -0.05) is 11.6 Å². The van der Waals surface area contributed by atoms with E-state index in [0.29, 0.717) is 12.1 Å². The Morgan fingerprint density at radius 1 is 1.43 bits per heavy atom. The van der Waals surface area contributed by atoms with E-state index >= 15 is 0 Å². The van der Waals surface area contributed by atoms with Gasteiger partial charge in [0.25, 0.3) is 0 Å². The van der Waals surface area contributed by atoms with Crippen molar-refractivity contribution in [1.82, 2.24) is 19.7 Å². The summed E-state index contributed by atoms with van der Waals surface area (Å²) in [6.45, 7) is 1.01. The molecule has 0 aromatic carbocycles. The van der Waals surface area contributed by atoms with Crippen LogP contribution >= 0.6 is 23.4 Å². The van der Waals surface area contributed by atoms with E-state index in [2.05, 4.69) is 20.3 Å². The van der Waals surface area contributed by atoms with E-state index in [9.17, 15) is 4.79 Å². The number of hydrogen-bond acceptors (Lipinski definition) is 5. The Morgan fingerprint density at radius 2 is 2.26 bits per heavy atom. The number of carbonyl (C=O) groups excluding carboxylic acids is 1. The van der Waals surface area contributed by atoms with Gasteiger partial charge in [-0.2, -0.15) is 16.9 Å². The summed E-state index contributed by atoms with van der Waals surface area (Å²) in [5.41, 5.74) is 1.30. The van der Waals surface area contributed by atoms with Crippen LogP contribution in [-0.2, 0) is 4.79 Å². The van der Waals surface area contributed by atoms with Crippen LogP contribution in [0.5, 0.6) is 0 Å². The van der Waals surface area contributed by atoms with Gasteiger partial charge in [0, 0.05) is 30.7 Å². The molecule has 2 aromatic heterocycles. The molecule has 2 heterocycles. The summed E-state index contributed by atoms with van der Waals surface area (Å²) in [4.78, 5) is 18.1. The predicted octanol–water partition coefficient (Wildman–Crippen LogP) is 2.54. The first-order valence-electron chi connectivity index (χ1n) is 7.24. The van der Waals surface area contributed by atoms with E-state index in [-0.39, 0.29) is 11.1 Å². The Labute approximate surface area is 145 Å². The van der Waals surface area contributed by atoms with E-state index in [0.717, 1.165) is 23.7 Å². The van der Waals surface area contributed by atoms with Crippen LogP contribution in [0.4, 0.5) is 5.69 Å². The molecule has 0 fully saturated rings. The molecule has 0 unspecified atom stereocenters. The standard InChI is InChI=1S/C15H20ClN5OS/c1-20(2)7-9-23-8-5-14(22)18-13-11-21(19-15(13)16)12-4-3-6-17-10-12/h3-4,6,10-11H,5,7-9H2,1-2H3,(H,18,22). The number of pyridine rings is 1. The van der Waals surface area contributed by atoms with Crippen molar-refractivity contribution >= 4 is 35.0 Å². The smallest absolute Gasteiger partial charge is 0.225 e. The molecule has 1 N–H and O–H groups in total. The average Bonchev–Trinajstić information content (AvgIpc) is 2.88. The highest BCUT2D eigenvalue weighted by atomic mass is 35.5. The van der Waals surface area contributed by atoms with Crippen LogP contribution in [0.3, 0.4) is 0 Å². The molecule has 0 spiro atoms. The third-order valence-corrected chi connectivity index (χ3v) is 4.25. The summed E-state index contributed by atoms with van der Waals surface area (Å²) < 4.78 is 1.59. The fourth-order valence-electron chi connectivity index (χ4n) is 1.79. The fraction of sp³-hybridized carbons (Fsp3) is 0.400. The maximum atomic E-state index is 12.0. The summed E-state index contributed by atoms with van der Waals surface area (Å²) in [5, 5.41) is 7.25. The number of aromatic nitrogens is 3. The van der Waals surface area contributed by atoms with Gasteiger partial charge in [0.2, 0.25) is 5.91 Å². The molecule has 0 bridgehead atoms. The zero-order valence-corrected chi connectivity index (χ0v) is 14.8. The molecular formula is C15H20ClN5OS. The van der Waals surface area contributed by atoms with Gasteiger partial charge in [0.05, 0.1) is 23.8 Å².